The zero-order valence-corrected chi connectivity index (χ0v) is 16.4. The highest BCUT2D eigenvalue weighted by molar-refractivity contribution is 7.92. The summed E-state index contributed by atoms with van der Waals surface area (Å²) >= 11 is 0. The lowest BCUT2D eigenvalue weighted by Crippen LogP contribution is -2.18. The number of hydrogen-bond acceptors (Lipinski definition) is 6. The molecule has 0 saturated heterocycles. The molecule has 10 nitrogen and oxygen atoms in total. The van der Waals surface area contributed by atoms with Crippen molar-refractivity contribution in [1.82, 2.24) is 14.8 Å². The van der Waals surface area contributed by atoms with E-state index in [1.807, 2.05) is 0 Å². The third-order valence-electron chi connectivity index (χ3n) is 3.69. The maximum atomic E-state index is 12.8. The lowest BCUT2D eigenvalue weighted by molar-refractivity contribution is -0.114. The second kappa shape index (κ2) is 8.10. The largest absolute Gasteiger partial charge is 0.326 e. The van der Waals surface area contributed by atoms with E-state index in [-0.39, 0.29) is 17.2 Å². The number of hydrogen-bond donors (Lipinski definition) is 3. The molecule has 2 amide bonds. The third-order valence-corrected chi connectivity index (χ3v) is 4.28. The van der Waals surface area contributed by atoms with Crippen molar-refractivity contribution in [2.75, 3.05) is 21.6 Å². The molecular formula is C18H18N6O4S. The van der Waals surface area contributed by atoms with Crippen molar-refractivity contribution in [2.45, 2.75) is 6.92 Å². The fraction of sp³-hybridized carbons (Fsp3) is 0.111. The Morgan fingerprint density at radius 1 is 1.00 bits per heavy atom. The zero-order valence-electron chi connectivity index (χ0n) is 15.6. The number of amides is 2. The van der Waals surface area contributed by atoms with Crippen molar-refractivity contribution in [1.29, 1.82) is 0 Å². The maximum absolute atomic E-state index is 12.8. The first-order chi connectivity index (χ1) is 13.7. The molecule has 0 spiro atoms. The second-order valence-corrected chi connectivity index (χ2v) is 7.91. The minimum Gasteiger partial charge on any atom is -0.326 e. The molecule has 0 radical (unpaired) electrons. The highest BCUT2D eigenvalue weighted by Crippen LogP contribution is 2.23. The van der Waals surface area contributed by atoms with Gasteiger partial charge in [-0.3, -0.25) is 14.3 Å². The van der Waals surface area contributed by atoms with Crippen LogP contribution in [0.15, 0.2) is 55.1 Å². The van der Waals surface area contributed by atoms with Crippen molar-refractivity contribution in [3.05, 3.63) is 60.7 Å². The summed E-state index contributed by atoms with van der Waals surface area (Å²) in [6, 6.07) is 11.1. The average Bonchev–Trinajstić information content (AvgIpc) is 3.16. The Bertz CT molecular complexity index is 1140. The van der Waals surface area contributed by atoms with Gasteiger partial charge in [0.15, 0.2) is 0 Å². The Morgan fingerprint density at radius 3 is 2.28 bits per heavy atom. The predicted molar refractivity (Wildman–Crippen MR) is 109 cm³/mol. The molecule has 0 aliphatic rings. The summed E-state index contributed by atoms with van der Waals surface area (Å²) in [5, 5.41) is 9.29. The van der Waals surface area contributed by atoms with Crippen LogP contribution in [0.2, 0.25) is 0 Å². The number of nitrogens with zero attached hydrogens (tertiary/aromatic N) is 3. The molecule has 0 atom stereocenters. The van der Waals surface area contributed by atoms with Gasteiger partial charge in [-0.2, -0.15) is 5.10 Å². The van der Waals surface area contributed by atoms with E-state index >= 15 is 0 Å². The van der Waals surface area contributed by atoms with E-state index in [1.54, 1.807) is 35.3 Å². The highest BCUT2D eigenvalue weighted by Gasteiger charge is 2.16. The number of sulfonamides is 1. The molecule has 1 aromatic heterocycles. The molecule has 150 valence electrons. The van der Waals surface area contributed by atoms with Crippen LogP contribution in [0.3, 0.4) is 0 Å². The van der Waals surface area contributed by atoms with Crippen LogP contribution in [0.5, 0.6) is 0 Å². The number of rotatable bonds is 6. The highest BCUT2D eigenvalue weighted by atomic mass is 32.2. The van der Waals surface area contributed by atoms with E-state index in [0.29, 0.717) is 11.4 Å². The van der Waals surface area contributed by atoms with Gasteiger partial charge in [0, 0.05) is 18.3 Å². The van der Waals surface area contributed by atoms with Crippen LogP contribution in [0, 0.1) is 0 Å². The summed E-state index contributed by atoms with van der Waals surface area (Å²) in [5.41, 5.74) is 1.77. The molecule has 0 bridgehead atoms. The Morgan fingerprint density at radius 2 is 1.69 bits per heavy atom. The van der Waals surface area contributed by atoms with E-state index < -0.39 is 15.9 Å². The van der Waals surface area contributed by atoms with E-state index in [4.69, 9.17) is 0 Å². The summed E-state index contributed by atoms with van der Waals surface area (Å²) in [6.07, 6.45) is 3.94. The van der Waals surface area contributed by atoms with Gasteiger partial charge in [0.1, 0.15) is 12.7 Å². The van der Waals surface area contributed by atoms with Crippen LogP contribution in [0.4, 0.5) is 17.1 Å². The van der Waals surface area contributed by atoms with E-state index in [9.17, 15) is 18.0 Å². The monoisotopic (exact) mass is 414 g/mol. The van der Waals surface area contributed by atoms with Crippen LogP contribution < -0.4 is 15.4 Å². The van der Waals surface area contributed by atoms with Gasteiger partial charge in [0.2, 0.25) is 15.9 Å². The Labute approximate surface area is 167 Å². The fourth-order valence-electron chi connectivity index (χ4n) is 2.54. The summed E-state index contributed by atoms with van der Waals surface area (Å²) in [6.45, 7) is 1.33. The van der Waals surface area contributed by atoms with Crippen molar-refractivity contribution < 1.29 is 18.0 Å². The first-order valence-electron chi connectivity index (χ1n) is 8.37. The molecule has 0 saturated carbocycles. The van der Waals surface area contributed by atoms with Crippen molar-refractivity contribution >= 4 is 38.9 Å². The van der Waals surface area contributed by atoms with Gasteiger partial charge in [0.25, 0.3) is 5.91 Å². The average molecular weight is 414 g/mol. The van der Waals surface area contributed by atoms with Crippen LogP contribution >= 0.6 is 0 Å². The minimum absolute atomic E-state index is 0.0574. The van der Waals surface area contributed by atoms with Gasteiger partial charge in [-0.05, 0) is 42.5 Å². The molecule has 2 aromatic carbocycles. The van der Waals surface area contributed by atoms with Crippen molar-refractivity contribution in [3.63, 3.8) is 0 Å². The summed E-state index contributed by atoms with van der Waals surface area (Å²) in [5.74, 6) is -0.860. The number of benzene rings is 2. The quantitative estimate of drug-likeness (QED) is 0.563. The third kappa shape index (κ3) is 5.39. The molecule has 11 heteroatoms. The number of carbonyl (C=O) groups is 2. The molecule has 3 N–H and O–H groups in total. The van der Waals surface area contributed by atoms with Crippen LogP contribution in [-0.2, 0) is 14.8 Å². The van der Waals surface area contributed by atoms with Crippen LogP contribution in [0.25, 0.3) is 5.69 Å². The van der Waals surface area contributed by atoms with E-state index in [1.165, 1.54) is 31.5 Å². The Hall–Kier alpha value is -3.73. The first kappa shape index (κ1) is 20.0. The fourth-order valence-corrected chi connectivity index (χ4v) is 3.12. The van der Waals surface area contributed by atoms with Crippen LogP contribution in [-0.4, -0.2) is 41.3 Å². The van der Waals surface area contributed by atoms with E-state index in [0.717, 1.165) is 11.9 Å². The molecule has 3 aromatic rings. The predicted octanol–water partition coefficient (Wildman–Crippen LogP) is 1.85. The summed E-state index contributed by atoms with van der Waals surface area (Å²) in [4.78, 5) is 28.0. The molecule has 1 heterocycles. The van der Waals surface area contributed by atoms with Gasteiger partial charge in [-0.15, -0.1) is 0 Å². The van der Waals surface area contributed by atoms with Gasteiger partial charge in [-0.1, -0.05) is 0 Å². The number of aromatic nitrogens is 3. The van der Waals surface area contributed by atoms with Crippen molar-refractivity contribution in [3.8, 4) is 5.69 Å². The van der Waals surface area contributed by atoms with Gasteiger partial charge in [-0.25, -0.2) is 18.1 Å². The Kier molecular flexibility index (Phi) is 5.59. The van der Waals surface area contributed by atoms with Gasteiger partial charge >= 0.3 is 0 Å². The maximum Gasteiger partial charge on any atom is 0.257 e. The SMILES string of the molecule is CC(=O)Nc1ccc(NS(C)(=O)=O)c(C(=O)Nc2ccc(-n3cncn3)cc2)c1. The molecular weight excluding hydrogens is 396 g/mol. The Balaban J connectivity index is 1.86. The van der Waals surface area contributed by atoms with E-state index in [2.05, 4.69) is 25.4 Å². The number of anilines is 3. The molecule has 29 heavy (non-hydrogen) atoms. The smallest absolute Gasteiger partial charge is 0.257 e. The molecule has 3 rings (SSSR count). The number of carbonyl (C=O) groups excluding carboxylic acids is 2. The molecule has 0 aliphatic heterocycles. The zero-order chi connectivity index (χ0) is 21.0. The summed E-state index contributed by atoms with van der Waals surface area (Å²) < 4.78 is 27.1. The summed E-state index contributed by atoms with van der Waals surface area (Å²) in [7, 11) is -3.61. The van der Waals surface area contributed by atoms with Gasteiger partial charge in [0.05, 0.1) is 23.2 Å². The topological polar surface area (TPSA) is 135 Å². The molecule has 0 aliphatic carbocycles. The second-order valence-electron chi connectivity index (χ2n) is 6.16. The molecule has 0 fully saturated rings. The molecule has 0 unspecified atom stereocenters. The lowest BCUT2D eigenvalue weighted by Gasteiger charge is -2.13. The van der Waals surface area contributed by atoms with Crippen molar-refractivity contribution in [2.24, 2.45) is 0 Å². The lowest BCUT2D eigenvalue weighted by atomic mass is 10.1. The van der Waals surface area contributed by atoms with Gasteiger partial charge < -0.3 is 10.6 Å². The first-order valence-corrected chi connectivity index (χ1v) is 10.3. The van der Waals surface area contributed by atoms with Crippen LogP contribution in [0.1, 0.15) is 17.3 Å². The minimum atomic E-state index is -3.61. The number of nitrogens with one attached hydrogen (secondary N) is 3. The standard InChI is InChI=1S/C18H18N6O4S/c1-12(25)21-14-5-8-17(23-29(2,27)28)16(9-14)18(26)22-13-3-6-15(7-4-13)24-11-19-10-20-24/h3-11,23H,1-2H3,(H,21,25)(H,22,26). The normalized spacial score (nSPS) is 11.0.